The second-order valence-electron chi connectivity index (χ2n) is 3.67. The Labute approximate surface area is 112 Å². The molecule has 9 heteroatoms. The van der Waals surface area contributed by atoms with Gasteiger partial charge >= 0.3 is 0 Å². The quantitative estimate of drug-likeness (QED) is 0.420. The van der Waals surface area contributed by atoms with Crippen molar-refractivity contribution < 1.29 is 33.4 Å². The fraction of sp³-hybridized carbons (Fsp3) is 0.400. The van der Waals surface area contributed by atoms with Crippen LogP contribution in [0.5, 0.6) is 0 Å². The summed E-state index contributed by atoms with van der Waals surface area (Å²) >= 11 is 0. The van der Waals surface area contributed by atoms with E-state index < -0.39 is 17.4 Å². The van der Waals surface area contributed by atoms with Gasteiger partial charge in [-0.15, -0.1) is 0 Å². The number of aliphatic hydroxyl groups excluding tert-OH is 4. The van der Waals surface area contributed by atoms with Crippen LogP contribution in [0.25, 0.3) is 0 Å². The molecule has 0 heterocycles. The van der Waals surface area contributed by atoms with Crippen LogP contribution in [0.2, 0.25) is 0 Å². The van der Waals surface area contributed by atoms with Crippen molar-refractivity contribution in [3.8, 4) is 0 Å². The highest BCUT2D eigenvalue weighted by atomic mass is 32.2. The van der Waals surface area contributed by atoms with E-state index in [2.05, 4.69) is 0 Å². The van der Waals surface area contributed by atoms with Crippen LogP contribution in [-0.4, -0.2) is 58.8 Å². The normalized spacial score (nSPS) is 11.6. The van der Waals surface area contributed by atoms with Gasteiger partial charge in [-0.1, -0.05) is 18.2 Å². The average Bonchev–Trinajstić information content (AvgIpc) is 2.43. The van der Waals surface area contributed by atoms with Crippen molar-refractivity contribution in [2.75, 3.05) is 25.4 Å². The van der Waals surface area contributed by atoms with E-state index in [9.17, 15) is 13.0 Å². The van der Waals surface area contributed by atoms with E-state index in [0.717, 1.165) is 0 Å². The average molecular weight is 312 g/mol. The Morgan fingerprint density at radius 1 is 0.895 bits per heavy atom. The van der Waals surface area contributed by atoms with Crippen molar-refractivity contribution in [1.82, 2.24) is 0 Å². The van der Waals surface area contributed by atoms with Gasteiger partial charge in [0, 0.05) is 0 Å². The van der Waals surface area contributed by atoms with E-state index in [1.165, 1.54) is 24.3 Å². The first-order chi connectivity index (χ1) is 8.85. The third-order valence-electron chi connectivity index (χ3n) is 2.23. The predicted molar refractivity (Wildman–Crippen MR) is 69.7 cm³/mol. The minimum Gasteiger partial charge on any atom is -0.744 e. The Morgan fingerprint density at radius 2 is 1.26 bits per heavy atom. The second kappa shape index (κ2) is 8.55. The molecule has 0 aliphatic rings. The van der Waals surface area contributed by atoms with Crippen LogP contribution >= 0.6 is 7.26 Å². The molecule has 1 rings (SSSR count). The van der Waals surface area contributed by atoms with Gasteiger partial charge in [-0.2, -0.15) is 0 Å². The Morgan fingerprint density at radius 3 is 1.42 bits per heavy atom. The maximum atomic E-state index is 10.3. The van der Waals surface area contributed by atoms with Crippen LogP contribution in [0.1, 0.15) is 0 Å². The van der Waals surface area contributed by atoms with E-state index in [1.54, 1.807) is 6.07 Å². The molecule has 19 heavy (non-hydrogen) atoms. The zero-order chi connectivity index (χ0) is 14.9. The summed E-state index contributed by atoms with van der Waals surface area (Å²) in [7, 11) is -6.45. The lowest BCUT2D eigenvalue weighted by Gasteiger charge is -2.15. The van der Waals surface area contributed by atoms with Gasteiger partial charge in [-0.25, -0.2) is 8.42 Å². The maximum Gasteiger partial charge on any atom is 0.161 e. The summed E-state index contributed by atoms with van der Waals surface area (Å²) in [4.78, 5) is -0.185. The first kappa shape index (κ1) is 18.4. The highest BCUT2D eigenvalue weighted by Gasteiger charge is 2.34. The van der Waals surface area contributed by atoms with Gasteiger partial charge in [-0.3, -0.25) is 0 Å². The van der Waals surface area contributed by atoms with Gasteiger partial charge in [0.15, 0.2) is 25.4 Å². The van der Waals surface area contributed by atoms with Gasteiger partial charge in [0.1, 0.15) is 17.4 Å². The summed E-state index contributed by atoms with van der Waals surface area (Å²) in [5.41, 5.74) is 0. The van der Waals surface area contributed by atoms with E-state index in [4.69, 9.17) is 20.4 Å². The van der Waals surface area contributed by atoms with Crippen molar-refractivity contribution >= 4 is 17.4 Å². The van der Waals surface area contributed by atoms with Crippen LogP contribution in [0, 0.1) is 0 Å². The Bertz CT molecular complexity index is 427. The number of hydrogen-bond acceptors (Lipinski definition) is 7. The van der Waals surface area contributed by atoms with Crippen LogP contribution < -0.4 is 0 Å². The maximum absolute atomic E-state index is 10.3. The highest BCUT2D eigenvalue weighted by molar-refractivity contribution is 7.85. The molecule has 0 aliphatic heterocycles. The molecule has 0 bridgehead atoms. The molecule has 0 radical (unpaired) electrons. The number of rotatable bonds is 5. The Balaban J connectivity index is 0.000000344. The molecule has 0 saturated heterocycles. The standard InChI is InChI=1S/C6H6O3S.C4H12O4P/c7-10(8,9)6-4-2-1-3-5-6;5-1-9(2-6,3-7)4-8/h1-5H,(H,7,8,9);5-8H,1-4H2/q;+1/p-1. The van der Waals surface area contributed by atoms with Gasteiger partial charge in [0.05, 0.1) is 4.90 Å². The topological polar surface area (TPSA) is 138 Å². The zero-order valence-electron chi connectivity index (χ0n) is 10.1. The van der Waals surface area contributed by atoms with Crippen LogP contribution in [-0.2, 0) is 10.1 Å². The fourth-order valence-corrected chi connectivity index (χ4v) is 1.88. The number of hydrogen-bond donors (Lipinski definition) is 4. The molecule has 0 fully saturated rings. The highest BCUT2D eigenvalue weighted by Crippen LogP contribution is 2.54. The molecule has 4 N–H and O–H groups in total. The molecular weight excluding hydrogens is 295 g/mol. The molecule has 0 unspecified atom stereocenters. The third kappa shape index (κ3) is 6.40. The van der Waals surface area contributed by atoms with E-state index in [-0.39, 0.29) is 30.3 Å². The molecule has 0 amide bonds. The molecule has 0 aromatic heterocycles. The SMILES string of the molecule is O=S(=O)([O-])c1ccccc1.OC[P+](CO)(CO)CO. The van der Waals surface area contributed by atoms with E-state index in [1.807, 2.05) is 0 Å². The second-order valence-corrected chi connectivity index (χ2v) is 8.87. The summed E-state index contributed by atoms with van der Waals surface area (Å²) in [6.07, 6.45) is -1.18. The summed E-state index contributed by atoms with van der Waals surface area (Å²) in [5, 5.41) is 34.2. The van der Waals surface area contributed by atoms with Crippen molar-refractivity contribution in [2.45, 2.75) is 4.90 Å². The fourth-order valence-electron chi connectivity index (χ4n) is 0.855. The van der Waals surface area contributed by atoms with Gasteiger partial charge < -0.3 is 25.0 Å². The van der Waals surface area contributed by atoms with Crippen molar-refractivity contribution in [3.05, 3.63) is 30.3 Å². The first-order valence-electron chi connectivity index (χ1n) is 5.14. The van der Waals surface area contributed by atoms with Crippen molar-refractivity contribution in [2.24, 2.45) is 0 Å². The van der Waals surface area contributed by atoms with Crippen molar-refractivity contribution in [1.29, 1.82) is 0 Å². The van der Waals surface area contributed by atoms with Gasteiger partial charge in [0.2, 0.25) is 0 Å². The van der Waals surface area contributed by atoms with E-state index >= 15 is 0 Å². The summed E-state index contributed by atoms with van der Waals surface area (Å²) < 4.78 is 30.8. The molecule has 0 aliphatic carbocycles. The Kier molecular flexibility index (Phi) is 8.28. The zero-order valence-corrected chi connectivity index (χ0v) is 11.8. The first-order valence-corrected chi connectivity index (χ1v) is 9.08. The number of aliphatic hydroxyl groups is 4. The molecule has 1 aromatic carbocycles. The Hall–Kier alpha value is -0.600. The molecule has 110 valence electrons. The summed E-state index contributed by atoms with van der Waals surface area (Å²) in [6, 6.07) is 7.19. The van der Waals surface area contributed by atoms with Crippen molar-refractivity contribution in [3.63, 3.8) is 0 Å². The van der Waals surface area contributed by atoms with Crippen LogP contribution in [0.15, 0.2) is 35.2 Å². The minimum atomic E-state index is -4.25. The monoisotopic (exact) mass is 312 g/mol. The molecule has 0 spiro atoms. The number of benzene rings is 1. The van der Waals surface area contributed by atoms with E-state index in [0.29, 0.717) is 0 Å². The minimum absolute atomic E-state index is 0.185. The third-order valence-corrected chi connectivity index (χ3v) is 5.48. The summed E-state index contributed by atoms with van der Waals surface area (Å²) in [6.45, 7) is 0. The van der Waals surface area contributed by atoms with Crippen LogP contribution in [0.4, 0.5) is 0 Å². The lowest BCUT2D eigenvalue weighted by molar-refractivity contribution is 0.288. The molecule has 1 aromatic rings. The summed E-state index contributed by atoms with van der Waals surface area (Å²) in [5.74, 6) is 0. The van der Waals surface area contributed by atoms with Crippen LogP contribution in [0.3, 0.4) is 0 Å². The van der Waals surface area contributed by atoms with Gasteiger partial charge in [0.25, 0.3) is 0 Å². The smallest absolute Gasteiger partial charge is 0.161 e. The molecular formula is C10H17O7PS. The molecule has 7 nitrogen and oxygen atoms in total. The predicted octanol–water partition coefficient (Wildman–Crippen LogP) is -0.606. The lowest BCUT2D eigenvalue weighted by Crippen LogP contribution is -2.10. The molecule has 0 atom stereocenters. The lowest BCUT2D eigenvalue weighted by atomic mass is 10.4. The van der Waals surface area contributed by atoms with Gasteiger partial charge in [-0.05, 0) is 12.1 Å². The molecule has 0 saturated carbocycles. The largest absolute Gasteiger partial charge is 0.744 e.